The number of rotatable bonds is 2. The van der Waals surface area contributed by atoms with E-state index in [0.717, 1.165) is 5.69 Å². The zero-order chi connectivity index (χ0) is 9.14. The number of anilines is 1. The summed E-state index contributed by atoms with van der Waals surface area (Å²) in [6.07, 6.45) is 1.58. The Kier molecular flexibility index (Phi) is 4.34. The van der Waals surface area contributed by atoms with Gasteiger partial charge in [0.2, 0.25) is 0 Å². The smallest absolute Gasteiger partial charge is 0.342 e. The predicted octanol–water partition coefficient (Wildman–Crippen LogP) is 1.50. The van der Waals surface area contributed by atoms with Gasteiger partial charge in [-0.1, -0.05) is 0 Å². The third-order valence-corrected chi connectivity index (χ3v) is 1.59. The fourth-order valence-electron chi connectivity index (χ4n) is 1.02. The highest BCUT2D eigenvalue weighted by Gasteiger charge is 2.14. The maximum Gasteiger partial charge on any atom is 0.342 e. The van der Waals surface area contributed by atoms with Crippen LogP contribution in [0.3, 0.4) is 0 Å². The molecule has 0 bridgehead atoms. The number of hydrogen-bond acceptors (Lipinski definition) is 3. The molecule has 1 aromatic rings. The van der Waals surface area contributed by atoms with Gasteiger partial charge in [0.25, 0.3) is 0 Å². The highest BCUT2D eigenvalue weighted by molar-refractivity contribution is 5.96. The Balaban J connectivity index is 0.00000144. The molecule has 13 heavy (non-hydrogen) atoms. The molecule has 0 radical (unpaired) electrons. The number of carbonyl (C=O) groups excluding carboxylic acids is 1. The monoisotopic (exact) mass is 204 g/mol. The van der Waals surface area contributed by atoms with E-state index in [1.54, 1.807) is 20.0 Å². The zero-order valence-electron chi connectivity index (χ0n) is 7.59. The van der Waals surface area contributed by atoms with Crippen LogP contribution in [0, 0.1) is 6.92 Å². The summed E-state index contributed by atoms with van der Waals surface area (Å²) in [6.45, 7) is 3.90. The van der Waals surface area contributed by atoms with Crippen LogP contribution in [0.15, 0.2) is 6.20 Å². The molecule has 0 atom stereocenters. The Morgan fingerprint density at radius 2 is 2.31 bits per heavy atom. The van der Waals surface area contributed by atoms with Gasteiger partial charge >= 0.3 is 5.97 Å². The van der Waals surface area contributed by atoms with Crippen LogP contribution in [0.5, 0.6) is 0 Å². The second kappa shape index (κ2) is 4.77. The summed E-state index contributed by atoms with van der Waals surface area (Å²) in [5.74, 6) is -0.367. The second-order valence-corrected chi connectivity index (χ2v) is 2.46. The van der Waals surface area contributed by atoms with Gasteiger partial charge < -0.3 is 15.5 Å². The number of nitrogens with one attached hydrogen (secondary N) is 1. The van der Waals surface area contributed by atoms with E-state index in [1.165, 1.54) is 0 Å². The number of aromatic amines is 1. The molecule has 1 rings (SSSR count). The molecule has 0 saturated carbocycles. The fourth-order valence-corrected chi connectivity index (χ4v) is 1.02. The molecule has 74 valence electrons. The molecule has 1 heterocycles. The number of carbonyl (C=O) groups is 1. The lowest BCUT2D eigenvalue weighted by atomic mass is 10.2. The van der Waals surface area contributed by atoms with Crippen molar-refractivity contribution in [2.75, 3.05) is 12.3 Å². The molecule has 4 nitrogen and oxygen atoms in total. The van der Waals surface area contributed by atoms with Crippen LogP contribution in [-0.4, -0.2) is 17.6 Å². The highest BCUT2D eigenvalue weighted by Crippen LogP contribution is 2.16. The molecule has 0 aliphatic carbocycles. The summed E-state index contributed by atoms with van der Waals surface area (Å²) in [4.78, 5) is 14.1. The molecular formula is C8H13ClN2O2. The predicted molar refractivity (Wildman–Crippen MR) is 53.1 cm³/mol. The van der Waals surface area contributed by atoms with E-state index < -0.39 is 0 Å². The fraction of sp³-hybridized carbons (Fsp3) is 0.375. The highest BCUT2D eigenvalue weighted by atomic mass is 35.5. The molecule has 1 aromatic heterocycles. The van der Waals surface area contributed by atoms with Crippen LogP contribution >= 0.6 is 12.4 Å². The van der Waals surface area contributed by atoms with Gasteiger partial charge in [-0.15, -0.1) is 12.4 Å². The number of aryl methyl sites for hydroxylation is 1. The molecule has 0 fully saturated rings. The van der Waals surface area contributed by atoms with Crippen molar-refractivity contribution in [3.8, 4) is 0 Å². The average molecular weight is 205 g/mol. The van der Waals surface area contributed by atoms with Gasteiger partial charge in [-0.2, -0.15) is 0 Å². The molecule has 0 aliphatic heterocycles. The van der Waals surface area contributed by atoms with Gasteiger partial charge in [0.1, 0.15) is 5.56 Å². The third kappa shape index (κ3) is 2.39. The maximum atomic E-state index is 11.2. The van der Waals surface area contributed by atoms with Gasteiger partial charge in [-0.05, 0) is 13.8 Å². The number of H-pyrrole nitrogens is 1. The average Bonchev–Trinajstić information content (AvgIpc) is 2.32. The molecular weight excluding hydrogens is 192 g/mol. The van der Waals surface area contributed by atoms with E-state index in [1.807, 2.05) is 0 Å². The van der Waals surface area contributed by atoms with E-state index in [0.29, 0.717) is 17.9 Å². The lowest BCUT2D eigenvalue weighted by molar-refractivity contribution is 0.0527. The standard InChI is InChI=1S/C8H12N2O2.ClH/c1-3-12-8(11)7-5(2)10-4-6(7)9;/h4,10H,3,9H2,1-2H3;1H. The summed E-state index contributed by atoms with van der Waals surface area (Å²) in [5, 5.41) is 0. The Hall–Kier alpha value is -1.16. The third-order valence-electron chi connectivity index (χ3n) is 1.59. The van der Waals surface area contributed by atoms with Gasteiger partial charge in [-0.25, -0.2) is 4.79 Å². The van der Waals surface area contributed by atoms with Gasteiger partial charge in [0.15, 0.2) is 0 Å². The Bertz CT molecular complexity index is 277. The topological polar surface area (TPSA) is 68.1 Å². The SMILES string of the molecule is CCOC(=O)c1c(N)c[nH]c1C.Cl. The quantitative estimate of drug-likeness (QED) is 0.718. The molecule has 0 unspecified atom stereocenters. The minimum absolute atomic E-state index is 0. The van der Waals surface area contributed by atoms with Crippen LogP contribution in [0.2, 0.25) is 0 Å². The number of nitrogens with two attached hydrogens (primary N) is 1. The van der Waals surface area contributed by atoms with Crippen LogP contribution in [0.25, 0.3) is 0 Å². The Labute approximate surface area is 82.9 Å². The second-order valence-electron chi connectivity index (χ2n) is 2.46. The van der Waals surface area contributed by atoms with Crippen molar-refractivity contribution in [1.29, 1.82) is 0 Å². The van der Waals surface area contributed by atoms with E-state index in [9.17, 15) is 4.79 Å². The van der Waals surface area contributed by atoms with Crippen molar-refractivity contribution in [2.45, 2.75) is 13.8 Å². The number of nitrogen functional groups attached to an aromatic ring is 1. The molecule has 3 N–H and O–H groups in total. The van der Waals surface area contributed by atoms with Gasteiger partial charge in [-0.3, -0.25) is 0 Å². The molecule has 0 saturated heterocycles. The number of ether oxygens (including phenoxy) is 1. The van der Waals surface area contributed by atoms with Crippen molar-refractivity contribution in [3.63, 3.8) is 0 Å². The number of halogens is 1. The van der Waals surface area contributed by atoms with Crippen molar-refractivity contribution < 1.29 is 9.53 Å². The van der Waals surface area contributed by atoms with Crippen molar-refractivity contribution in [2.24, 2.45) is 0 Å². The van der Waals surface area contributed by atoms with Crippen LogP contribution in [0.1, 0.15) is 23.0 Å². The zero-order valence-corrected chi connectivity index (χ0v) is 8.40. The van der Waals surface area contributed by atoms with Crippen molar-refractivity contribution >= 4 is 24.1 Å². The first-order valence-electron chi connectivity index (χ1n) is 3.77. The van der Waals surface area contributed by atoms with Crippen LogP contribution in [0.4, 0.5) is 5.69 Å². The normalized spacial score (nSPS) is 9.08. The maximum absolute atomic E-state index is 11.2. The van der Waals surface area contributed by atoms with E-state index in [4.69, 9.17) is 10.5 Å². The summed E-state index contributed by atoms with van der Waals surface area (Å²) < 4.78 is 4.81. The van der Waals surface area contributed by atoms with E-state index in [-0.39, 0.29) is 18.4 Å². The van der Waals surface area contributed by atoms with Gasteiger partial charge in [0.05, 0.1) is 12.3 Å². The summed E-state index contributed by atoms with van der Waals surface area (Å²) in [7, 11) is 0. The van der Waals surface area contributed by atoms with Crippen molar-refractivity contribution in [1.82, 2.24) is 4.98 Å². The number of esters is 1. The van der Waals surface area contributed by atoms with Gasteiger partial charge in [0, 0.05) is 11.9 Å². The summed E-state index contributed by atoms with van der Waals surface area (Å²) in [5.41, 5.74) is 7.16. The minimum atomic E-state index is -0.367. The number of aromatic nitrogens is 1. The minimum Gasteiger partial charge on any atom is -0.462 e. The van der Waals surface area contributed by atoms with Crippen LogP contribution < -0.4 is 5.73 Å². The molecule has 5 heteroatoms. The molecule has 0 aliphatic rings. The number of hydrogen-bond donors (Lipinski definition) is 2. The van der Waals surface area contributed by atoms with E-state index in [2.05, 4.69) is 4.98 Å². The lowest BCUT2D eigenvalue weighted by Crippen LogP contribution is -2.07. The lowest BCUT2D eigenvalue weighted by Gasteiger charge is -2.01. The molecule has 0 amide bonds. The first-order chi connectivity index (χ1) is 5.66. The Morgan fingerprint density at radius 1 is 1.69 bits per heavy atom. The largest absolute Gasteiger partial charge is 0.462 e. The summed E-state index contributed by atoms with van der Waals surface area (Å²) >= 11 is 0. The first kappa shape index (κ1) is 11.8. The van der Waals surface area contributed by atoms with Crippen LogP contribution in [-0.2, 0) is 4.74 Å². The van der Waals surface area contributed by atoms with E-state index >= 15 is 0 Å². The molecule has 0 spiro atoms. The summed E-state index contributed by atoms with van der Waals surface area (Å²) in [6, 6.07) is 0. The first-order valence-corrected chi connectivity index (χ1v) is 3.77. The van der Waals surface area contributed by atoms with Crippen molar-refractivity contribution in [3.05, 3.63) is 17.5 Å². The Morgan fingerprint density at radius 3 is 2.69 bits per heavy atom. The molecule has 0 aromatic carbocycles.